The van der Waals surface area contributed by atoms with Crippen molar-refractivity contribution >= 4 is 28.5 Å². The summed E-state index contributed by atoms with van der Waals surface area (Å²) in [6, 6.07) is 0.470. The van der Waals surface area contributed by atoms with Gasteiger partial charge in [-0.25, -0.2) is 4.98 Å². The lowest BCUT2D eigenvalue weighted by atomic mass is 9.90. The van der Waals surface area contributed by atoms with E-state index in [1.807, 2.05) is 6.92 Å². The number of anilines is 1. The van der Waals surface area contributed by atoms with Crippen molar-refractivity contribution in [3.8, 4) is 0 Å². The Labute approximate surface area is 128 Å². The van der Waals surface area contributed by atoms with Crippen molar-refractivity contribution < 1.29 is 9.59 Å². The van der Waals surface area contributed by atoms with E-state index >= 15 is 0 Å². The van der Waals surface area contributed by atoms with Crippen molar-refractivity contribution in [3.05, 3.63) is 5.82 Å². The number of carbonyl (C=O) groups excluding carboxylic acids is 2. The second-order valence-electron chi connectivity index (χ2n) is 5.68. The van der Waals surface area contributed by atoms with E-state index in [0.717, 1.165) is 43.1 Å². The highest BCUT2D eigenvalue weighted by molar-refractivity contribution is 7.09. The van der Waals surface area contributed by atoms with E-state index in [4.69, 9.17) is 0 Å². The third-order valence-electron chi connectivity index (χ3n) is 4.26. The van der Waals surface area contributed by atoms with Crippen molar-refractivity contribution in [2.75, 3.05) is 5.32 Å². The van der Waals surface area contributed by atoms with Gasteiger partial charge in [0.1, 0.15) is 5.82 Å². The maximum atomic E-state index is 11.8. The molecule has 2 heterocycles. The molecule has 0 atom stereocenters. The molecule has 7 heteroatoms. The Morgan fingerprint density at radius 3 is 2.43 bits per heavy atom. The first-order valence-electron chi connectivity index (χ1n) is 7.61. The molecule has 3 rings (SSSR count). The predicted octanol–water partition coefficient (Wildman–Crippen LogP) is 1.97. The molecule has 2 aliphatic rings. The average molecular weight is 308 g/mol. The Morgan fingerprint density at radius 1 is 1.19 bits per heavy atom. The van der Waals surface area contributed by atoms with E-state index < -0.39 is 0 Å². The minimum Gasteiger partial charge on any atom is -0.358 e. The molecular weight excluding hydrogens is 288 g/mol. The quantitative estimate of drug-likeness (QED) is 0.861. The largest absolute Gasteiger partial charge is 0.358 e. The van der Waals surface area contributed by atoms with Crippen LogP contribution in [-0.4, -0.2) is 38.2 Å². The Kier molecular flexibility index (Phi) is 4.19. The van der Waals surface area contributed by atoms with Gasteiger partial charge in [0, 0.05) is 42.9 Å². The van der Waals surface area contributed by atoms with Gasteiger partial charge in [-0.2, -0.15) is 4.37 Å². The molecule has 2 fully saturated rings. The molecule has 1 N–H and O–H groups in total. The van der Waals surface area contributed by atoms with Crippen LogP contribution in [-0.2, 0) is 16.0 Å². The fourth-order valence-corrected chi connectivity index (χ4v) is 3.84. The van der Waals surface area contributed by atoms with Gasteiger partial charge >= 0.3 is 0 Å². The van der Waals surface area contributed by atoms with E-state index in [-0.39, 0.29) is 17.9 Å². The molecule has 2 amide bonds. The number of hydrogen-bond donors (Lipinski definition) is 1. The van der Waals surface area contributed by atoms with Crippen LogP contribution in [0.4, 0.5) is 5.13 Å². The fourth-order valence-electron chi connectivity index (χ4n) is 3.11. The summed E-state index contributed by atoms with van der Waals surface area (Å²) < 4.78 is 4.27. The summed E-state index contributed by atoms with van der Waals surface area (Å²) in [6.07, 6.45) is 5.32. The smallest absolute Gasteiger partial charge is 0.229 e. The van der Waals surface area contributed by atoms with Gasteiger partial charge < -0.3 is 5.32 Å². The number of imide groups is 1. The van der Waals surface area contributed by atoms with Crippen LogP contribution in [0, 0.1) is 0 Å². The van der Waals surface area contributed by atoms with Crippen molar-refractivity contribution in [2.24, 2.45) is 0 Å². The molecule has 6 nitrogen and oxygen atoms in total. The molecule has 1 aliphatic heterocycles. The average Bonchev–Trinajstić information content (AvgIpc) is 3.07. The minimum atomic E-state index is 0.00752. The Morgan fingerprint density at radius 2 is 1.86 bits per heavy atom. The topological polar surface area (TPSA) is 75.2 Å². The monoisotopic (exact) mass is 308 g/mol. The van der Waals surface area contributed by atoms with Crippen LogP contribution in [0.5, 0.6) is 0 Å². The Hall–Kier alpha value is -1.50. The minimum absolute atomic E-state index is 0.00752. The molecule has 1 aromatic rings. The molecule has 0 unspecified atom stereocenters. The number of amides is 2. The van der Waals surface area contributed by atoms with Gasteiger partial charge in [-0.05, 0) is 25.7 Å². The first kappa shape index (κ1) is 14.4. The van der Waals surface area contributed by atoms with Crippen LogP contribution < -0.4 is 5.32 Å². The molecule has 1 aromatic heterocycles. The lowest BCUT2D eigenvalue weighted by Crippen LogP contribution is -2.43. The summed E-state index contributed by atoms with van der Waals surface area (Å²) in [5.41, 5.74) is 0. The van der Waals surface area contributed by atoms with Crippen LogP contribution in [0.2, 0.25) is 0 Å². The maximum Gasteiger partial charge on any atom is 0.229 e. The first-order valence-corrected chi connectivity index (χ1v) is 8.38. The summed E-state index contributed by atoms with van der Waals surface area (Å²) in [7, 11) is 0. The Balaban J connectivity index is 1.53. The maximum absolute atomic E-state index is 11.8. The van der Waals surface area contributed by atoms with Gasteiger partial charge in [-0.3, -0.25) is 14.5 Å². The number of aryl methyl sites for hydroxylation is 1. The predicted molar refractivity (Wildman–Crippen MR) is 80.0 cm³/mol. The number of likely N-dealkylation sites (tertiary alicyclic amines) is 1. The Bertz CT molecular complexity index is 521. The summed E-state index contributed by atoms with van der Waals surface area (Å²) >= 11 is 1.40. The molecule has 114 valence electrons. The van der Waals surface area contributed by atoms with Crippen LogP contribution in [0.25, 0.3) is 0 Å². The highest BCUT2D eigenvalue weighted by atomic mass is 32.1. The number of hydrogen-bond acceptors (Lipinski definition) is 6. The highest BCUT2D eigenvalue weighted by Gasteiger charge is 2.36. The number of rotatable bonds is 4. The number of aromatic nitrogens is 2. The SMILES string of the molecule is CCc1nsc(NC2CCC(N3C(=O)CCC3=O)CC2)n1. The standard InChI is InChI=1S/C14H20N4O2S/c1-2-11-16-14(21-17-11)15-9-3-5-10(6-4-9)18-12(19)7-8-13(18)20/h9-10H,2-8H2,1H3,(H,15,16,17). The zero-order chi connectivity index (χ0) is 14.8. The summed E-state index contributed by atoms with van der Waals surface area (Å²) in [5, 5.41) is 4.30. The van der Waals surface area contributed by atoms with Gasteiger partial charge in [-0.15, -0.1) is 0 Å². The highest BCUT2D eigenvalue weighted by Crippen LogP contribution is 2.29. The molecule has 21 heavy (non-hydrogen) atoms. The van der Waals surface area contributed by atoms with Gasteiger partial charge in [0.15, 0.2) is 0 Å². The van der Waals surface area contributed by atoms with Gasteiger partial charge in [-0.1, -0.05) is 6.92 Å². The molecule has 0 radical (unpaired) electrons. The van der Waals surface area contributed by atoms with Crippen LogP contribution >= 0.6 is 11.5 Å². The summed E-state index contributed by atoms with van der Waals surface area (Å²) in [6.45, 7) is 2.04. The zero-order valence-electron chi connectivity index (χ0n) is 12.2. The normalized spacial score (nSPS) is 26.4. The van der Waals surface area contributed by atoms with Gasteiger partial charge in [0.05, 0.1) is 0 Å². The second-order valence-corrected chi connectivity index (χ2v) is 6.43. The second kappa shape index (κ2) is 6.09. The van der Waals surface area contributed by atoms with Crippen molar-refractivity contribution in [1.29, 1.82) is 0 Å². The summed E-state index contributed by atoms with van der Waals surface area (Å²) in [4.78, 5) is 29.5. The lowest BCUT2D eigenvalue weighted by Gasteiger charge is -2.33. The van der Waals surface area contributed by atoms with E-state index in [1.165, 1.54) is 16.4 Å². The molecular formula is C14H20N4O2S. The van der Waals surface area contributed by atoms with E-state index in [2.05, 4.69) is 14.7 Å². The van der Waals surface area contributed by atoms with Crippen LogP contribution in [0.15, 0.2) is 0 Å². The molecule has 1 saturated carbocycles. The number of nitrogens with zero attached hydrogens (tertiary/aromatic N) is 3. The van der Waals surface area contributed by atoms with Crippen LogP contribution in [0.1, 0.15) is 51.3 Å². The van der Waals surface area contributed by atoms with E-state index in [1.54, 1.807) is 0 Å². The number of nitrogens with one attached hydrogen (secondary N) is 1. The van der Waals surface area contributed by atoms with Crippen molar-refractivity contribution in [3.63, 3.8) is 0 Å². The molecule has 0 aromatic carbocycles. The van der Waals surface area contributed by atoms with Crippen molar-refractivity contribution in [2.45, 2.75) is 64.0 Å². The molecule has 0 bridgehead atoms. The van der Waals surface area contributed by atoms with Crippen LogP contribution in [0.3, 0.4) is 0 Å². The van der Waals surface area contributed by atoms with E-state index in [0.29, 0.717) is 18.9 Å². The number of carbonyl (C=O) groups is 2. The molecule has 1 saturated heterocycles. The third-order valence-corrected chi connectivity index (χ3v) is 4.95. The van der Waals surface area contributed by atoms with Gasteiger partial charge in [0.25, 0.3) is 0 Å². The first-order chi connectivity index (χ1) is 10.2. The summed E-state index contributed by atoms with van der Waals surface area (Å²) in [5.74, 6) is 0.894. The molecule has 0 spiro atoms. The lowest BCUT2D eigenvalue weighted by molar-refractivity contribution is -0.141. The fraction of sp³-hybridized carbons (Fsp3) is 0.714. The third kappa shape index (κ3) is 3.07. The zero-order valence-corrected chi connectivity index (χ0v) is 13.0. The molecule has 1 aliphatic carbocycles. The van der Waals surface area contributed by atoms with Gasteiger partial charge in [0.2, 0.25) is 16.9 Å². The van der Waals surface area contributed by atoms with E-state index in [9.17, 15) is 9.59 Å². The van der Waals surface area contributed by atoms with Crippen molar-refractivity contribution in [1.82, 2.24) is 14.3 Å².